The fraction of sp³-hybridized carbons (Fsp3) is 0.583. The van der Waals surface area contributed by atoms with Crippen molar-refractivity contribution in [1.29, 1.82) is 0 Å². The number of likely N-dealkylation sites (N-methyl/N-ethyl adjacent to an activating group) is 1. The summed E-state index contributed by atoms with van der Waals surface area (Å²) in [5.41, 5.74) is 3.75. The molecule has 2 rings (SSSR count). The zero-order valence-electron chi connectivity index (χ0n) is 12.2. The van der Waals surface area contributed by atoms with Crippen molar-refractivity contribution in [3.63, 3.8) is 0 Å². The van der Waals surface area contributed by atoms with Crippen LogP contribution in [0.5, 0.6) is 0 Å². The fourth-order valence-electron chi connectivity index (χ4n) is 2.18. The van der Waals surface area contributed by atoms with E-state index in [4.69, 9.17) is 5.84 Å². The minimum atomic E-state index is -0.475. The number of nitrogen functional groups attached to an aromatic ring is 1. The van der Waals surface area contributed by atoms with Crippen LogP contribution in [-0.4, -0.2) is 55.3 Å². The molecule has 118 valence electrons. The Hall–Kier alpha value is -1.48. The molecule has 0 fully saturated rings. The highest BCUT2D eigenvalue weighted by Gasteiger charge is 2.14. The predicted molar refractivity (Wildman–Crippen MR) is 84.2 cm³/mol. The minimum absolute atomic E-state index is 0. The van der Waals surface area contributed by atoms with Crippen molar-refractivity contribution >= 4 is 29.4 Å². The third-order valence-corrected chi connectivity index (χ3v) is 3.31. The van der Waals surface area contributed by atoms with Gasteiger partial charge in [0, 0.05) is 6.54 Å². The third-order valence-electron chi connectivity index (χ3n) is 3.31. The lowest BCUT2D eigenvalue weighted by Gasteiger charge is -2.22. The maximum Gasteiger partial charge on any atom is 0.171 e. The molecule has 0 saturated carbocycles. The van der Waals surface area contributed by atoms with Gasteiger partial charge < -0.3 is 20.0 Å². The van der Waals surface area contributed by atoms with Gasteiger partial charge in [-0.1, -0.05) is 13.8 Å². The largest absolute Gasteiger partial charge is 0.390 e. The van der Waals surface area contributed by atoms with Crippen LogP contribution in [0.15, 0.2) is 12.7 Å². The smallest absolute Gasteiger partial charge is 0.171 e. The number of hydrazine groups is 1. The Balaban J connectivity index is 0.00000220. The number of anilines is 1. The molecule has 0 aliphatic rings. The molecule has 0 bridgehead atoms. The van der Waals surface area contributed by atoms with Gasteiger partial charge in [0.2, 0.25) is 0 Å². The van der Waals surface area contributed by atoms with Gasteiger partial charge in [0.25, 0.3) is 0 Å². The standard InChI is InChI=1S/C12H21N7O.ClH/c1-3-18(4-2)5-9(20)6-19-8-16-10-11(17-13)14-7-15-12(10)19;/h7-9,20H,3-6,13H2,1-2H3,(H,14,15,17);1H. The quantitative estimate of drug-likeness (QED) is 0.496. The van der Waals surface area contributed by atoms with Crippen molar-refractivity contribution in [2.24, 2.45) is 5.84 Å². The summed E-state index contributed by atoms with van der Waals surface area (Å²) < 4.78 is 1.81. The average molecular weight is 316 g/mol. The molecule has 1 unspecified atom stereocenters. The summed E-state index contributed by atoms with van der Waals surface area (Å²) in [5.74, 6) is 5.86. The topological polar surface area (TPSA) is 105 Å². The Morgan fingerprint density at radius 3 is 2.67 bits per heavy atom. The maximum absolute atomic E-state index is 10.2. The number of aromatic nitrogens is 4. The van der Waals surface area contributed by atoms with E-state index >= 15 is 0 Å². The number of aliphatic hydroxyl groups is 1. The summed E-state index contributed by atoms with van der Waals surface area (Å²) >= 11 is 0. The van der Waals surface area contributed by atoms with Crippen molar-refractivity contribution in [1.82, 2.24) is 24.4 Å². The lowest BCUT2D eigenvalue weighted by Crippen LogP contribution is -2.34. The minimum Gasteiger partial charge on any atom is -0.390 e. The Labute approximate surface area is 129 Å². The molecular weight excluding hydrogens is 294 g/mol. The summed E-state index contributed by atoms with van der Waals surface area (Å²) in [6.45, 7) is 7.06. The normalized spacial score (nSPS) is 12.4. The van der Waals surface area contributed by atoms with E-state index in [1.54, 1.807) is 6.33 Å². The summed E-state index contributed by atoms with van der Waals surface area (Å²) in [6.07, 6.45) is 2.59. The van der Waals surface area contributed by atoms with Crippen molar-refractivity contribution in [2.45, 2.75) is 26.5 Å². The molecule has 0 radical (unpaired) electrons. The van der Waals surface area contributed by atoms with Crippen LogP contribution in [0.25, 0.3) is 11.2 Å². The van der Waals surface area contributed by atoms with Gasteiger partial charge >= 0.3 is 0 Å². The fourth-order valence-corrected chi connectivity index (χ4v) is 2.18. The Morgan fingerprint density at radius 1 is 1.33 bits per heavy atom. The molecule has 0 saturated heterocycles. The molecular formula is C12H22ClN7O. The first kappa shape index (κ1) is 17.6. The molecule has 0 aliphatic carbocycles. The molecule has 2 aromatic heterocycles. The SMILES string of the molecule is CCN(CC)CC(O)Cn1cnc2c(NN)ncnc21.Cl. The average Bonchev–Trinajstić information content (AvgIpc) is 2.87. The summed E-state index contributed by atoms with van der Waals surface area (Å²) in [4.78, 5) is 14.6. The first-order valence-corrected chi connectivity index (χ1v) is 6.72. The van der Waals surface area contributed by atoms with Gasteiger partial charge in [0.05, 0.1) is 19.0 Å². The molecule has 0 aliphatic heterocycles. The van der Waals surface area contributed by atoms with Crippen LogP contribution in [0.4, 0.5) is 5.82 Å². The second-order valence-electron chi connectivity index (χ2n) is 4.58. The van der Waals surface area contributed by atoms with Gasteiger partial charge in [0.1, 0.15) is 6.33 Å². The van der Waals surface area contributed by atoms with Crippen molar-refractivity contribution in [3.05, 3.63) is 12.7 Å². The second kappa shape index (κ2) is 8.08. The number of nitrogens with two attached hydrogens (primary N) is 1. The highest BCUT2D eigenvalue weighted by atomic mass is 35.5. The van der Waals surface area contributed by atoms with E-state index < -0.39 is 6.10 Å². The summed E-state index contributed by atoms with van der Waals surface area (Å²) in [5, 5.41) is 10.2. The van der Waals surface area contributed by atoms with Crippen molar-refractivity contribution in [3.8, 4) is 0 Å². The van der Waals surface area contributed by atoms with Gasteiger partial charge in [-0.15, -0.1) is 12.4 Å². The maximum atomic E-state index is 10.2. The zero-order chi connectivity index (χ0) is 14.5. The van der Waals surface area contributed by atoms with E-state index in [1.165, 1.54) is 6.33 Å². The molecule has 2 heterocycles. The van der Waals surface area contributed by atoms with Crippen LogP contribution in [0, 0.1) is 0 Å². The molecule has 0 spiro atoms. The van der Waals surface area contributed by atoms with E-state index in [0.29, 0.717) is 30.1 Å². The highest BCUT2D eigenvalue weighted by molar-refractivity contribution is 5.85. The number of aliphatic hydroxyl groups excluding tert-OH is 1. The molecule has 9 heteroatoms. The first-order valence-electron chi connectivity index (χ1n) is 6.72. The molecule has 0 amide bonds. The predicted octanol–water partition coefficient (Wildman–Crippen LogP) is 0.236. The number of nitrogens with zero attached hydrogens (tertiary/aromatic N) is 5. The molecule has 8 nitrogen and oxygen atoms in total. The monoisotopic (exact) mass is 315 g/mol. The lowest BCUT2D eigenvalue weighted by molar-refractivity contribution is 0.104. The number of imidazole rings is 1. The molecule has 2 aromatic rings. The number of halogens is 1. The number of fused-ring (bicyclic) bond motifs is 1. The highest BCUT2D eigenvalue weighted by Crippen LogP contribution is 2.16. The Bertz CT molecular complexity index is 558. The van der Waals surface area contributed by atoms with E-state index in [0.717, 1.165) is 13.1 Å². The molecule has 1 atom stereocenters. The Kier molecular flexibility index (Phi) is 6.76. The van der Waals surface area contributed by atoms with Gasteiger partial charge in [-0.25, -0.2) is 20.8 Å². The van der Waals surface area contributed by atoms with Gasteiger partial charge in [-0.2, -0.15) is 0 Å². The van der Waals surface area contributed by atoms with Crippen molar-refractivity contribution in [2.75, 3.05) is 25.1 Å². The first-order chi connectivity index (χ1) is 9.69. The summed E-state index contributed by atoms with van der Waals surface area (Å²) in [7, 11) is 0. The molecule has 4 N–H and O–H groups in total. The molecule has 21 heavy (non-hydrogen) atoms. The molecule has 0 aromatic carbocycles. The zero-order valence-corrected chi connectivity index (χ0v) is 13.0. The van der Waals surface area contributed by atoms with Gasteiger partial charge in [0.15, 0.2) is 17.0 Å². The van der Waals surface area contributed by atoms with Gasteiger partial charge in [-0.3, -0.25) is 0 Å². The summed E-state index contributed by atoms with van der Waals surface area (Å²) in [6, 6.07) is 0. The van der Waals surface area contributed by atoms with Gasteiger partial charge in [-0.05, 0) is 13.1 Å². The van der Waals surface area contributed by atoms with Crippen LogP contribution in [0.2, 0.25) is 0 Å². The third kappa shape index (κ3) is 4.01. The lowest BCUT2D eigenvalue weighted by atomic mass is 10.3. The van der Waals surface area contributed by atoms with Crippen molar-refractivity contribution < 1.29 is 5.11 Å². The Morgan fingerprint density at radius 2 is 2.05 bits per heavy atom. The van der Waals surface area contributed by atoms with E-state index in [2.05, 4.69) is 39.1 Å². The van der Waals surface area contributed by atoms with E-state index in [-0.39, 0.29) is 12.4 Å². The van der Waals surface area contributed by atoms with E-state index in [1.807, 2.05) is 4.57 Å². The number of rotatable bonds is 7. The van der Waals surface area contributed by atoms with Crippen LogP contribution in [-0.2, 0) is 6.54 Å². The second-order valence-corrected chi connectivity index (χ2v) is 4.58. The van der Waals surface area contributed by atoms with Crippen LogP contribution >= 0.6 is 12.4 Å². The van der Waals surface area contributed by atoms with Crippen LogP contribution in [0.3, 0.4) is 0 Å². The van der Waals surface area contributed by atoms with Crippen LogP contribution < -0.4 is 11.3 Å². The number of hydrogen-bond donors (Lipinski definition) is 3. The van der Waals surface area contributed by atoms with E-state index in [9.17, 15) is 5.11 Å². The number of hydrogen-bond acceptors (Lipinski definition) is 7. The van der Waals surface area contributed by atoms with Crippen LogP contribution in [0.1, 0.15) is 13.8 Å². The number of nitrogens with one attached hydrogen (secondary N) is 1.